The lowest BCUT2D eigenvalue weighted by atomic mass is 10.1. The molecule has 0 saturated carbocycles. The zero-order valence-corrected chi connectivity index (χ0v) is 10.3. The van der Waals surface area contributed by atoms with Crippen molar-refractivity contribution in [3.63, 3.8) is 0 Å². The largest absolute Gasteiger partial charge is 0.345 e. The number of hydrogen-bond donors (Lipinski definition) is 1. The number of aryl methyl sites for hydroxylation is 2. The van der Waals surface area contributed by atoms with Crippen molar-refractivity contribution < 1.29 is 0 Å². The SMILES string of the molecule is CCn1c(CC(C)N)cc2cc(C)ccc21. The van der Waals surface area contributed by atoms with Crippen LogP contribution in [0.25, 0.3) is 10.9 Å². The summed E-state index contributed by atoms with van der Waals surface area (Å²) in [5.41, 5.74) is 9.87. The Morgan fingerprint density at radius 2 is 2.06 bits per heavy atom. The molecule has 0 amide bonds. The van der Waals surface area contributed by atoms with Crippen molar-refractivity contribution in [2.75, 3.05) is 0 Å². The van der Waals surface area contributed by atoms with E-state index in [0.29, 0.717) is 0 Å². The van der Waals surface area contributed by atoms with Crippen LogP contribution < -0.4 is 5.73 Å². The molecule has 1 heterocycles. The van der Waals surface area contributed by atoms with Gasteiger partial charge < -0.3 is 10.3 Å². The normalized spacial score (nSPS) is 13.2. The molecule has 0 aliphatic heterocycles. The molecule has 16 heavy (non-hydrogen) atoms. The van der Waals surface area contributed by atoms with Crippen LogP contribution in [-0.2, 0) is 13.0 Å². The van der Waals surface area contributed by atoms with Gasteiger partial charge in [-0.15, -0.1) is 0 Å². The summed E-state index contributed by atoms with van der Waals surface area (Å²) >= 11 is 0. The van der Waals surface area contributed by atoms with Crippen LogP contribution in [0.3, 0.4) is 0 Å². The number of hydrogen-bond acceptors (Lipinski definition) is 1. The molecule has 0 spiro atoms. The smallest absolute Gasteiger partial charge is 0.0482 e. The Bertz CT molecular complexity index is 495. The minimum atomic E-state index is 0.218. The average Bonchev–Trinajstić information content (AvgIpc) is 2.52. The summed E-state index contributed by atoms with van der Waals surface area (Å²) < 4.78 is 2.36. The number of aromatic nitrogens is 1. The zero-order chi connectivity index (χ0) is 11.7. The van der Waals surface area contributed by atoms with Crippen molar-refractivity contribution in [3.05, 3.63) is 35.5 Å². The number of benzene rings is 1. The minimum Gasteiger partial charge on any atom is -0.345 e. The lowest BCUT2D eigenvalue weighted by Gasteiger charge is -2.09. The van der Waals surface area contributed by atoms with E-state index in [1.807, 2.05) is 0 Å². The monoisotopic (exact) mass is 216 g/mol. The first-order chi connectivity index (χ1) is 7.61. The molecule has 0 saturated heterocycles. The van der Waals surface area contributed by atoms with Crippen LogP contribution in [0.4, 0.5) is 0 Å². The van der Waals surface area contributed by atoms with Crippen LogP contribution in [0.1, 0.15) is 25.1 Å². The van der Waals surface area contributed by atoms with Crippen molar-refractivity contribution in [2.24, 2.45) is 5.73 Å². The highest BCUT2D eigenvalue weighted by molar-refractivity contribution is 5.82. The van der Waals surface area contributed by atoms with Gasteiger partial charge in [-0.05, 0) is 39.0 Å². The maximum Gasteiger partial charge on any atom is 0.0482 e. The van der Waals surface area contributed by atoms with Crippen LogP contribution in [0.15, 0.2) is 24.3 Å². The number of nitrogens with two attached hydrogens (primary N) is 1. The molecule has 0 radical (unpaired) electrons. The van der Waals surface area contributed by atoms with Gasteiger partial charge in [0.2, 0.25) is 0 Å². The minimum absolute atomic E-state index is 0.218. The van der Waals surface area contributed by atoms with Crippen LogP contribution >= 0.6 is 0 Å². The van der Waals surface area contributed by atoms with Crippen molar-refractivity contribution in [1.29, 1.82) is 0 Å². The lowest BCUT2D eigenvalue weighted by Crippen LogP contribution is -2.19. The van der Waals surface area contributed by atoms with E-state index in [9.17, 15) is 0 Å². The molecule has 2 aromatic rings. The van der Waals surface area contributed by atoms with E-state index in [4.69, 9.17) is 5.73 Å². The Morgan fingerprint density at radius 3 is 2.69 bits per heavy atom. The Labute approximate surface area is 97.1 Å². The molecular formula is C14H20N2. The maximum atomic E-state index is 5.89. The van der Waals surface area contributed by atoms with E-state index < -0.39 is 0 Å². The van der Waals surface area contributed by atoms with Gasteiger partial charge >= 0.3 is 0 Å². The van der Waals surface area contributed by atoms with Crippen molar-refractivity contribution in [3.8, 4) is 0 Å². The van der Waals surface area contributed by atoms with E-state index in [2.05, 4.69) is 49.6 Å². The summed E-state index contributed by atoms with van der Waals surface area (Å²) in [5.74, 6) is 0. The predicted octanol–water partition coefficient (Wildman–Crippen LogP) is 2.86. The molecule has 1 aromatic heterocycles. The summed E-state index contributed by atoms with van der Waals surface area (Å²) in [7, 11) is 0. The molecular weight excluding hydrogens is 196 g/mol. The fourth-order valence-electron chi connectivity index (χ4n) is 2.32. The topological polar surface area (TPSA) is 30.9 Å². The molecule has 0 aliphatic carbocycles. The Balaban J connectivity index is 2.56. The van der Waals surface area contributed by atoms with E-state index in [1.165, 1.54) is 22.2 Å². The predicted molar refractivity (Wildman–Crippen MR) is 69.7 cm³/mol. The third kappa shape index (κ3) is 1.98. The first-order valence-electron chi connectivity index (χ1n) is 5.96. The molecule has 1 aromatic carbocycles. The molecule has 0 aliphatic rings. The van der Waals surface area contributed by atoms with Crippen LogP contribution in [0, 0.1) is 6.92 Å². The third-order valence-electron chi connectivity index (χ3n) is 2.99. The van der Waals surface area contributed by atoms with Gasteiger partial charge in [-0.3, -0.25) is 0 Å². The van der Waals surface area contributed by atoms with Gasteiger partial charge in [-0.25, -0.2) is 0 Å². The highest BCUT2D eigenvalue weighted by Gasteiger charge is 2.08. The van der Waals surface area contributed by atoms with Gasteiger partial charge in [0.1, 0.15) is 0 Å². The molecule has 2 N–H and O–H groups in total. The lowest BCUT2D eigenvalue weighted by molar-refractivity contribution is 0.665. The van der Waals surface area contributed by atoms with Gasteiger partial charge in [0.05, 0.1) is 0 Å². The molecule has 1 atom stereocenters. The van der Waals surface area contributed by atoms with Gasteiger partial charge in [0.15, 0.2) is 0 Å². The van der Waals surface area contributed by atoms with E-state index in [1.54, 1.807) is 0 Å². The second-order valence-electron chi connectivity index (χ2n) is 4.62. The van der Waals surface area contributed by atoms with Gasteiger partial charge in [0.25, 0.3) is 0 Å². The summed E-state index contributed by atoms with van der Waals surface area (Å²) in [6, 6.07) is 9.11. The van der Waals surface area contributed by atoms with Crippen molar-refractivity contribution in [1.82, 2.24) is 4.57 Å². The number of fused-ring (bicyclic) bond motifs is 1. The highest BCUT2D eigenvalue weighted by Crippen LogP contribution is 2.22. The Morgan fingerprint density at radius 1 is 1.31 bits per heavy atom. The quantitative estimate of drug-likeness (QED) is 0.840. The van der Waals surface area contributed by atoms with E-state index >= 15 is 0 Å². The first kappa shape index (κ1) is 11.2. The molecule has 2 nitrogen and oxygen atoms in total. The summed E-state index contributed by atoms with van der Waals surface area (Å²) in [6.07, 6.45) is 0.946. The summed E-state index contributed by atoms with van der Waals surface area (Å²) in [4.78, 5) is 0. The fraction of sp³-hybridized carbons (Fsp3) is 0.429. The van der Waals surface area contributed by atoms with Crippen LogP contribution in [0.5, 0.6) is 0 Å². The van der Waals surface area contributed by atoms with Crippen molar-refractivity contribution in [2.45, 2.75) is 39.8 Å². The zero-order valence-electron chi connectivity index (χ0n) is 10.3. The highest BCUT2D eigenvalue weighted by atomic mass is 15.0. The standard InChI is InChI=1S/C14H20N2/c1-4-16-13(8-11(3)15)9-12-7-10(2)5-6-14(12)16/h5-7,9,11H,4,8,15H2,1-3H3. The number of rotatable bonds is 3. The van der Waals surface area contributed by atoms with Gasteiger partial charge in [-0.1, -0.05) is 11.6 Å². The molecule has 86 valence electrons. The first-order valence-corrected chi connectivity index (χ1v) is 5.96. The van der Waals surface area contributed by atoms with Crippen molar-refractivity contribution >= 4 is 10.9 Å². The number of nitrogens with zero attached hydrogens (tertiary/aromatic N) is 1. The van der Waals surface area contributed by atoms with Gasteiger partial charge in [-0.2, -0.15) is 0 Å². The second kappa shape index (κ2) is 4.30. The van der Waals surface area contributed by atoms with Crippen LogP contribution in [0.2, 0.25) is 0 Å². The third-order valence-corrected chi connectivity index (χ3v) is 2.99. The average molecular weight is 216 g/mol. The second-order valence-corrected chi connectivity index (χ2v) is 4.62. The molecule has 1 unspecified atom stereocenters. The Hall–Kier alpha value is -1.28. The molecule has 0 fully saturated rings. The van der Waals surface area contributed by atoms with Crippen LogP contribution in [-0.4, -0.2) is 10.6 Å². The Kier molecular flexibility index (Phi) is 3.01. The molecule has 2 heteroatoms. The summed E-state index contributed by atoms with van der Waals surface area (Å²) in [6.45, 7) is 7.38. The molecule has 2 rings (SSSR count). The van der Waals surface area contributed by atoms with E-state index in [-0.39, 0.29) is 6.04 Å². The maximum absolute atomic E-state index is 5.89. The fourth-order valence-corrected chi connectivity index (χ4v) is 2.32. The van der Waals surface area contributed by atoms with E-state index in [0.717, 1.165) is 13.0 Å². The molecule has 0 bridgehead atoms. The summed E-state index contributed by atoms with van der Waals surface area (Å²) in [5, 5.41) is 1.33. The van der Waals surface area contributed by atoms with Gasteiger partial charge in [0, 0.05) is 35.6 Å².